The van der Waals surface area contributed by atoms with Crippen molar-refractivity contribution in [3.05, 3.63) is 0 Å². The minimum absolute atomic E-state index is 0.124. The van der Waals surface area contributed by atoms with Crippen LogP contribution >= 0.6 is 0 Å². The van der Waals surface area contributed by atoms with Gasteiger partial charge in [0, 0.05) is 19.1 Å². The first kappa shape index (κ1) is 13.8. The molecule has 0 aromatic heterocycles. The smallest absolute Gasteiger partial charge is 0.236 e. The van der Waals surface area contributed by atoms with Crippen molar-refractivity contribution in [2.75, 3.05) is 40.3 Å². The first-order chi connectivity index (χ1) is 8.56. The van der Waals surface area contributed by atoms with Crippen molar-refractivity contribution < 1.29 is 9.90 Å². The molecule has 1 amide bonds. The van der Waals surface area contributed by atoms with Crippen molar-refractivity contribution in [1.82, 2.24) is 15.1 Å². The molecule has 18 heavy (non-hydrogen) atoms. The van der Waals surface area contributed by atoms with Crippen molar-refractivity contribution in [1.29, 1.82) is 0 Å². The van der Waals surface area contributed by atoms with Crippen LogP contribution in [0.3, 0.4) is 0 Å². The molecular weight excluding hydrogens is 230 g/mol. The minimum atomic E-state index is -0.359. The van der Waals surface area contributed by atoms with Gasteiger partial charge in [-0.05, 0) is 45.8 Å². The van der Waals surface area contributed by atoms with Gasteiger partial charge in [0.15, 0.2) is 0 Å². The molecule has 5 heteroatoms. The fraction of sp³-hybridized carbons (Fsp3) is 0.923. The average Bonchev–Trinajstić information content (AvgIpc) is 3.02. The van der Waals surface area contributed by atoms with E-state index in [1.54, 1.807) is 0 Å². The Morgan fingerprint density at radius 1 is 1.44 bits per heavy atom. The second-order valence-electron chi connectivity index (χ2n) is 5.93. The first-order valence-electron chi connectivity index (χ1n) is 6.89. The van der Waals surface area contributed by atoms with Crippen LogP contribution in [0.15, 0.2) is 0 Å². The summed E-state index contributed by atoms with van der Waals surface area (Å²) in [4.78, 5) is 16.0. The van der Waals surface area contributed by atoms with Gasteiger partial charge in [0.25, 0.3) is 0 Å². The van der Waals surface area contributed by atoms with Crippen molar-refractivity contribution in [2.24, 2.45) is 5.92 Å². The Morgan fingerprint density at radius 3 is 2.78 bits per heavy atom. The van der Waals surface area contributed by atoms with Crippen LogP contribution in [0.25, 0.3) is 0 Å². The van der Waals surface area contributed by atoms with E-state index >= 15 is 0 Å². The van der Waals surface area contributed by atoms with Gasteiger partial charge in [-0.15, -0.1) is 0 Å². The second kappa shape index (κ2) is 5.99. The third kappa shape index (κ3) is 3.93. The molecule has 1 saturated heterocycles. The molecule has 0 aromatic rings. The zero-order valence-corrected chi connectivity index (χ0v) is 11.4. The van der Waals surface area contributed by atoms with Crippen LogP contribution in [-0.4, -0.2) is 73.2 Å². The van der Waals surface area contributed by atoms with Gasteiger partial charge in [-0.2, -0.15) is 0 Å². The SMILES string of the molecule is CN(C)CC1CC(O)CN1C(=O)CNCC1CC1. The normalized spacial score (nSPS) is 28.1. The molecule has 1 heterocycles. The molecule has 2 rings (SSSR count). The van der Waals surface area contributed by atoms with Gasteiger partial charge in [-0.3, -0.25) is 4.79 Å². The number of rotatable bonds is 6. The van der Waals surface area contributed by atoms with Crippen molar-refractivity contribution >= 4 is 5.91 Å². The van der Waals surface area contributed by atoms with Crippen LogP contribution in [0.4, 0.5) is 0 Å². The van der Waals surface area contributed by atoms with E-state index in [2.05, 4.69) is 10.2 Å². The number of amides is 1. The maximum Gasteiger partial charge on any atom is 0.236 e. The van der Waals surface area contributed by atoms with Crippen molar-refractivity contribution in [2.45, 2.75) is 31.4 Å². The van der Waals surface area contributed by atoms with E-state index in [0.717, 1.165) is 19.0 Å². The van der Waals surface area contributed by atoms with Crippen LogP contribution in [0.5, 0.6) is 0 Å². The predicted octanol–water partition coefficient (Wildman–Crippen LogP) is -0.491. The van der Waals surface area contributed by atoms with E-state index in [1.165, 1.54) is 12.8 Å². The number of carbonyl (C=O) groups is 1. The zero-order chi connectivity index (χ0) is 13.1. The molecule has 1 aliphatic heterocycles. The Balaban J connectivity index is 1.77. The molecule has 2 fully saturated rings. The lowest BCUT2D eigenvalue weighted by Crippen LogP contribution is -2.45. The maximum absolute atomic E-state index is 12.1. The highest BCUT2D eigenvalue weighted by atomic mass is 16.3. The summed E-state index contributed by atoms with van der Waals surface area (Å²) in [6.07, 6.45) is 2.94. The first-order valence-corrected chi connectivity index (χ1v) is 6.89. The number of nitrogens with zero attached hydrogens (tertiary/aromatic N) is 2. The largest absolute Gasteiger partial charge is 0.391 e. The average molecular weight is 255 g/mol. The third-order valence-corrected chi connectivity index (χ3v) is 3.69. The van der Waals surface area contributed by atoms with E-state index in [4.69, 9.17) is 0 Å². The van der Waals surface area contributed by atoms with E-state index in [0.29, 0.717) is 19.5 Å². The Bertz CT molecular complexity index is 292. The Hall–Kier alpha value is -0.650. The number of likely N-dealkylation sites (tertiary alicyclic amines) is 1. The van der Waals surface area contributed by atoms with Crippen LogP contribution in [0.1, 0.15) is 19.3 Å². The molecule has 2 N–H and O–H groups in total. The quantitative estimate of drug-likeness (QED) is 0.672. The Morgan fingerprint density at radius 2 is 2.17 bits per heavy atom. The van der Waals surface area contributed by atoms with Gasteiger partial charge in [0.05, 0.1) is 12.6 Å². The number of nitrogens with one attached hydrogen (secondary N) is 1. The molecule has 0 radical (unpaired) electrons. The molecule has 2 aliphatic rings. The van der Waals surface area contributed by atoms with Gasteiger partial charge in [0.1, 0.15) is 0 Å². The van der Waals surface area contributed by atoms with E-state index < -0.39 is 0 Å². The summed E-state index contributed by atoms with van der Waals surface area (Å²) in [6.45, 7) is 2.68. The molecule has 104 valence electrons. The number of likely N-dealkylation sites (N-methyl/N-ethyl adjacent to an activating group) is 1. The fourth-order valence-electron chi connectivity index (χ4n) is 2.60. The monoisotopic (exact) mass is 255 g/mol. The molecule has 1 saturated carbocycles. The Labute approximate surface area is 109 Å². The molecule has 0 spiro atoms. The number of β-amino-alcohol motifs (C(OH)–C–C–N with tert-alkyl or cyclic N) is 1. The lowest BCUT2D eigenvalue weighted by Gasteiger charge is -2.27. The third-order valence-electron chi connectivity index (χ3n) is 3.69. The highest BCUT2D eigenvalue weighted by Gasteiger charge is 2.34. The predicted molar refractivity (Wildman–Crippen MR) is 70.3 cm³/mol. The molecular formula is C13H25N3O2. The number of aliphatic hydroxyl groups is 1. The van der Waals surface area contributed by atoms with E-state index in [-0.39, 0.29) is 18.1 Å². The molecule has 5 nitrogen and oxygen atoms in total. The highest BCUT2D eigenvalue weighted by molar-refractivity contribution is 5.79. The summed E-state index contributed by atoms with van der Waals surface area (Å²) in [7, 11) is 4.00. The number of hydrogen-bond donors (Lipinski definition) is 2. The second-order valence-corrected chi connectivity index (χ2v) is 5.93. The summed E-state index contributed by atoms with van der Waals surface area (Å²) in [5.41, 5.74) is 0. The summed E-state index contributed by atoms with van der Waals surface area (Å²) in [5, 5.41) is 12.9. The number of aliphatic hydroxyl groups excluding tert-OH is 1. The van der Waals surface area contributed by atoms with Gasteiger partial charge < -0.3 is 20.2 Å². The van der Waals surface area contributed by atoms with Crippen LogP contribution in [0, 0.1) is 5.92 Å². The summed E-state index contributed by atoms with van der Waals surface area (Å²) in [6, 6.07) is 0.158. The van der Waals surface area contributed by atoms with Gasteiger partial charge in [-0.1, -0.05) is 0 Å². The van der Waals surface area contributed by atoms with Gasteiger partial charge >= 0.3 is 0 Å². The lowest BCUT2D eigenvalue weighted by atomic mass is 10.2. The highest BCUT2D eigenvalue weighted by Crippen LogP contribution is 2.27. The van der Waals surface area contributed by atoms with Crippen molar-refractivity contribution in [3.8, 4) is 0 Å². The van der Waals surface area contributed by atoms with Crippen LogP contribution in [0.2, 0.25) is 0 Å². The molecule has 2 atom stereocenters. The van der Waals surface area contributed by atoms with Crippen LogP contribution < -0.4 is 5.32 Å². The lowest BCUT2D eigenvalue weighted by molar-refractivity contribution is -0.131. The zero-order valence-electron chi connectivity index (χ0n) is 11.4. The number of hydrogen-bond acceptors (Lipinski definition) is 4. The van der Waals surface area contributed by atoms with E-state index in [1.807, 2.05) is 19.0 Å². The van der Waals surface area contributed by atoms with Crippen LogP contribution in [-0.2, 0) is 4.79 Å². The maximum atomic E-state index is 12.1. The molecule has 0 bridgehead atoms. The fourth-order valence-corrected chi connectivity index (χ4v) is 2.60. The number of carbonyl (C=O) groups excluding carboxylic acids is 1. The van der Waals surface area contributed by atoms with Gasteiger partial charge in [0.2, 0.25) is 5.91 Å². The standard InChI is InChI=1S/C13H25N3O2/c1-15(2)8-11-5-12(17)9-16(11)13(18)7-14-6-10-3-4-10/h10-12,14,17H,3-9H2,1-2H3. The molecule has 0 aromatic carbocycles. The molecule has 2 unspecified atom stereocenters. The van der Waals surface area contributed by atoms with Crippen molar-refractivity contribution in [3.63, 3.8) is 0 Å². The Kier molecular flexibility index (Phi) is 4.59. The van der Waals surface area contributed by atoms with Gasteiger partial charge in [-0.25, -0.2) is 0 Å². The van der Waals surface area contributed by atoms with E-state index in [9.17, 15) is 9.90 Å². The topological polar surface area (TPSA) is 55.8 Å². The molecule has 1 aliphatic carbocycles. The summed E-state index contributed by atoms with van der Waals surface area (Å²) >= 11 is 0. The summed E-state index contributed by atoms with van der Waals surface area (Å²) in [5.74, 6) is 0.915. The minimum Gasteiger partial charge on any atom is -0.391 e. The summed E-state index contributed by atoms with van der Waals surface area (Å²) < 4.78 is 0.